The molecule has 2 aromatic rings. The third-order valence-electron chi connectivity index (χ3n) is 3.09. The van der Waals surface area contributed by atoms with Gasteiger partial charge in [0, 0.05) is 28.4 Å². The molecule has 0 radical (unpaired) electrons. The minimum absolute atomic E-state index is 0.0256. The van der Waals surface area contributed by atoms with Crippen LogP contribution < -0.4 is 5.32 Å². The van der Waals surface area contributed by atoms with Crippen molar-refractivity contribution in [2.24, 2.45) is 0 Å². The standard InChI is InChI=1S/C15H14N2O4/c1-10-8-11(6-7-14(10)17(20)21)15(19)16-13-5-3-2-4-12(13)9-18/h2-8,18H,9H2,1H3,(H,16,19). The lowest BCUT2D eigenvalue weighted by Gasteiger charge is -2.09. The molecule has 6 nitrogen and oxygen atoms in total. The molecule has 0 unspecified atom stereocenters. The van der Waals surface area contributed by atoms with Crippen LogP contribution in [0.3, 0.4) is 0 Å². The number of nitrogens with one attached hydrogen (secondary N) is 1. The van der Waals surface area contributed by atoms with E-state index in [0.717, 1.165) is 0 Å². The van der Waals surface area contributed by atoms with E-state index < -0.39 is 4.92 Å². The number of carbonyl (C=O) groups is 1. The molecule has 0 aliphatic heterocycles. The topological polar surface area (TPSA) is 92.5 Å². The molecule has 0 bridgehead atoms. The van der Waals surface area contributed by atoms with Crippen molar-refractivity contribution < 1.29 is 14.8 Å². The highest BCUT2D eigenvalue weighted by molar-refractivity contribution is 6.04. The number of aryl methyl sites for hydroxylation is 1. The summed E-state index contributed by atoms with van der Waals surface area (Å²) in [5.41, 5.74) is 1.83. The lowest BCUT2D eigenvalue weighted by atomic mass is 10.1. The number of aliphatic hydroxyl groups is 1. The first-order valence-electron chi connectivity index (χ1n) is 6.28. The van der Waals surface area contributed by atoms with Crippen LogP contribution in [0.15, 0.2) is 42.5 Å². The summed E-state index contributed by atoms with van der Waals surface area (Å²) in [5, 5.41) is 22.7. The fraction of sp³-hybridized carbons (Fsp3) is 0.133. The Bertz CT molecular complexity index is 698. The average Bonchev–Trinajstić information content (AvgIpc) is 2.47. The third kappa shape index (κ3) is 3.24. The maximum Gasteiger partial charge on any atom is 0.272 e. The number of aliphatic hydroxyl groups excluding tert-OH is 1. The number of nitro groups is 1. The van der Waals surface area contributed by atoms with E-state index in [4.69, 9.17) is 0 Å². The number of hydrogen-bond donors (Lipinski definition) is 2. The van der Waals surface area contributed by atoms with Crippen molar-refractivity contribution in [3.8, 4) is 0 Å². The summed E-state index contributed by atoms with van der Waals surface area (Å²) in [7, 11) is 0. The second kappa shape index (κ2) is 6.15. The third-order valence-corrected chi connectivity index (χ3v) is 3.09. The molecule has 0 aliphatic rings. The fourth-order valence-electron chi connectivity index (χ4n) is 1.98. The van der Waals surface area contributed by atoms with Crippen LogP contribution in [0.25, 0.3) is 0 Å². The summed E-state index contributed by atoms with van der Waals surface area (Å²) >= 11 is 0. The van der Waals surface area contributed by atoms with Crippen molar-refractivity contribution >= 4 is 17.3 Å². The van der Waals surface area contributed by atoms with E-state index >= 15 is 0 Å². The van der Waals surface area contributed by atoms with Gasteiger partial charge in [0.05, 0.1) is 11.5 Å². The van der Waals surface area contributed by atoms with Gasteiger partial charge in [0.25, 0.3) is 11.6 Å². The number of benzene rings is 2. The lowest BCUT2D eigenvalue weighted by molar-refractivity contribution is -0.385. The van der Waals surface area contributed by atoms with Gasteiger partial charge in [-0.05, 0) is 25.1 Å². The predicted octanol–water partition coefficient (Wildman–Crippen LogP) is 2.65. The number of rotatable bonds is 4. The summed E-state index contributed by atoms with van der Waals surface area (Å²) in [6.45, 7) is 1.40. The minimum Gasteiger partial charge on any atom is -0.392 e. The maximum atomic E-state index is 12.2. The molecule has 0 saturated heterocycles. The van der Waals surface area contributed by atoms with Gasteiger partial charge in [-0.3, -0.25) is 14.9 Å². The number of nitro benzene ring substituents is 1. The molecule has 0 spiro atoms. The van der Waals surface area contributed by atoms with Gasteiger partial charge >= 0.3 is 0 Å². The SMILES string of the molecule is Cc1cc(C(=O)Nc2ccccc2CO)ccc1[N+](=O)[O-]. The zero-order chi connectivity index (χ0) is 15.4. The molecule has 0 aliphatic carbocycles. The van der Waals surface area contributed by atoms with E-state index in [9.17, 15) is 20.0 Å². The molecule has 21 heavy (non-hydrogen) atoms. The normalized spacial score (nSPS) is 10.2. The predicted molar refractivity (Wildman–Crippen MR) is 78.2 cm³/mol. The molecule has 2 aromatic carbocycles. The Morgan fingerprint density at radius 2 is 2.00 bits per heavy atom. The van der Waals surface area contributed by atoms with Crippen LogP contribution in [-0.4, -0.2) is 15.9 Å². The van der Waals surface area contributed by atoms with Crippen LogP contribution in [0.5, 0.6) is 0 Å². The minimum atomic E-state index is -0.488. The van der Waals surface area contributed by atoms with Crippen molar-refractivity contribution in [3.05, 3.63) is 69.3 Å². The van der Waals surface area contributed by atoms with Crippen molar-refractivity contribution in [3.63, 3.8) is 0 Å². The van der Waals surface area contributed by atoms with Crippen LogP contribution in [0, 0.1) is 17.0 Å². The Morgan fingerprint density at radius 3 is 2.62 bits per heavy atom. The first-order valence-corrected chi connectivity index (χ1v) is 6.28. The average molecular weight is 286 g/mol. The van der Waals surface area contributed by atoms with E-state index in [1.807, 2.05) is 0 Å². The largest absolute Gasteiger partial charge is 0.392 e. The molecule has 0 fully saturated rings. The Hall–Kier alpha value is -2.73. The molecule has 0 heterocycles. The van der Waals surface area contributed by atoms with Crippen LogP contribution >= 0.6 is 0 Å². The number of nitrogens with zero attached hydrogens (tertiary/aromatic N) is 1. The smallest absolute Gasteiger partial charge is 0.272 e. The number of hydrogen-bond acceptors (Lipinski definition) is 4. The molecular weight excluding hydrogens is 272 g/mol. The van der Waals surface area contributed by atoms with Gasteiger partial charge in [-0.2, -0.15) is 0 Å². The monoisotopic (exact) mass is 286 g/mol. The Morgan fingerprint density at radius 1 is 1.29 bits per heavy atom. The first-order chi connectivity index (χ1) is 10.0. The summed E-state index contributed by atoms with van der Waals surface area (Å²) < 4.78 is 0. The number of anilines is 1. The highest BCUT2D eigenvalue weighted by atomic mass is 16.6. The Kier molecular flexibility index (Phi) is 4.30. The molecular formula is C15H14N2O4. The highest BCUT2D eigenvalue weighted by Crippen LogP contribution is 2.20. The van der Waals surface area contributed by atoms with E-state index in [2.05, 4.69) is 5.32 Å². The summed E-state index contributed by atoms with van der Waals surface area (Å²) in [6, 6.07) is 11.1. The van der Waals surface area contributed by atoms with Crippen molar-refractivity contribution in [1.29, 1.82) is 0 Å². The molecule has 108 valence electrons. The van der Waals surface area contributed by atoms with Crippen molar-refractivity contribution in [2.75, 3.05) is 5.32 Å². The van der Waals surface area contributed by atoms with Crippen LogP contribution in [0.2, 0.25) is 0 Å². The van der Waals surface area contributed by atoms with Crippen molar-refractivity contribution in [1.82, 2.24) is 0 Å². The number of carbonyl (C=O) groups excluding carboxylic acids is 1. The fourth-order valence-corrected chi connectivity index (χ4v) is 1.98. The quantitative estimate of drug-likeness (QED) is 0.667. The van der Waals surface area contributed by atoms with Gasteiger partial charge in [0.1, 0.15) is 0 Å². The molecule has 1 amide bonds. The van der Waals surface area contributed by atoms with E-state index in [1.165, 1.54) is 18.2 Å². The second-order valence-electron chi connectivity index (χ2n) is 4.53. The molecule has 6 heteroatoms. The molecule has 0 saturated carbocycles. The highest BCUT2D eigenvalue weighted by Gasteiger charge is 2.14. The van der Waals surface area contributed by atoms with E-state index in [-0.39, 0.29) is 18.2 Å². The van der Waals surface area contributed by atoms with Crippen LogP contribution in [0.4, 0.5) is 11.4 Å². The summed E-state index contributed by atoms with van der Waals surface area (Å²) in [5.74, 6) is -0.381. The first kappa shape index (κ1) is 14.7. The number of para-hydroxylation sites is 1. The van der Waals surface area contributed by atoms with Gasteiger partial charge < -0.3 is 10.4 Å². The number of amides is 1. The zero-order valence-corrected chi connectivity index (χ0v) is 11.4. The summed E-state index contributed by atoms with van der Waals surface area (Å²) in [6.07, 6.45) is 0. The molecule has 2 N–H and O–H groups in total. The van der Waals surface area contributed by atoms with Crippen molar-refractivity contribution in [2.45, 2.75) is 13.5 Å². The van der Waals surface area contributed by atoms with Gasteiger partial charge in [-0.25, -0.2) is 0 Å². The molecule has 0 aromatic heterocycles. The molecule has 0 atom stereocenters. The van der Waals surface area contributed by atoms with Crippen LogP contribution in [-0.2, 0) is 6.61 Å². The van der Waals surface area contributed by atoms with Gasteiger partial charge in [0.15, 0.2) is 0 Å². The van der Waals surface area contributed by atoms with Gasteiger partial charge in [-0.1, -0.05) is 18.2 Å². The lowest BCUT2D eigenvalue weighted by Crippen LogP contribution is -2.13. The molecule has 2 rings (SSSR count). The second-order valence-corrected chi connectivity index (χ2v) is 4.53. The van der Waals surface area contributed by atoms with Gasteiger partial charge in [-0.15, -0.1) is 0 Å². The van der Waals surface area contributed by atoms with Crippen LogP contribution in [0.1, 0.15) is 21.5 Å². The Balaban J connectivity index is 2.25. The summed E-state index contributed by atoms with van der Waals surface area (Å²) in [4.78, 5) is 22.4. The van der Waals surface area contributed by atoms with E-state index in [0.29, 0.717) is 22.4 Å². The van der Waals surface area contributed by atoms with Gasteiger partial charge in [0.2, 0.25) is 0 Å². The van der Waals surface area contributed by atoms with E-state index in [1.54, 1.807) is 31.2 Å². The maximum absolute atomic E-state index is 12.2. The zero-order valence-electron chi connectivity index (χ0n) is 11.4. The Labute approximate surface area is 121 Å².